The lowest BCUT2D eigenvalue weighted by atomic mass is 10.3. The monoisotopic (exact) mass is 375 g/mol. The second-order valence-electron chi connectivity index (χ2n) is 6.14. The first-order valence-electron chi connectivity index (χ1n) is 8.62. The molecule has 0 aliphatic carbocycles. The number of anilines is 1. The molecule has 0 aromatic carbocycles. The Hall–Kier alpha value is -3.94. The van der Waals surface area contributed by atoms with E-state index in [4.69, 9.17) is 4.42 Å². The van der Waals surface area contributed by atoms with Gasteiger partial charge in [0, 0.05) is 24.7 Å². The molecular weight excluding hydrogens is 358 g/mol. The van der Waals surface area contributed by atoms with Gasteiger partial charge in [0.05, 0.1) is 18.4 Å². The summed E-state index contributed by atoms with van der Waals surface area (Å²) in [4.78, 5) is 32.7. The summed E-state index contributed by atoms with van der Waals surface area (Å²) < 4.78 is 8.91. The lowest BCUT2D eigenvalue weighted by molar-refractivity contribution is 0.0994. The number of hydrogen-bond acceptors (Lipinski definition) is 5. The third-order valence-electron chi connectivity index (χ3n) is 4.19. The van der Waals surface area contributed by atoms with E-state index in [1.54, 1.807) is 55.0 Å². The zero-order valence-electron chi connectivity index (χ0n) is 15.1. The topological polar surface area (TPSA) is 95.0 Å². The molecule has 4 heterocycles. The molecule has 0 radical (unpaired) electrons. The fourth-order valence-corrected chi connectivity index (χ4v) is 2.76. The average Bonchev–Trinajstić information content (AvgIpc) is 3.33. The number of rotatable bonds is 5. The Labute approximate surface area is 160 Å². The molecule has 0 aliphatic heterocycles. The number of nitrogens with zero attached hydrogens (tertiary/aromatic N) is 4. The first-order chi connectivity index (χ1) is 13.6. The van der Waals surface area contributed by atoms with E-state index in [0.29, 0.717) is 17.3 Å². The molecule has 4 rings (SSSR count). The summed E-state index contributed by atoms with van der Waals surface area (Å²) in [7, 11) is 0. The largest absolute Gasteiger partial charge is 0.454 e. The SMILES string of the molecule is Cc1nccn1-c1ccc(NC(=O)c2ccc(Cn3ccccc3=O)o2)cn1. The van der Waals surface area contributed by atoms with Crippen LogP contribution in [-0.4, -0.2) is 25.0 Å². The van der Waals surface area contributed by atoms with Crippen LogP contribution >= 0.6 is 0 Å². The van der Waals surface area contributed by atoms with Gasteiger partial charge in [0.15, 0.2) is 5.76 Å². The quantitative estimate of drug-likeness (QED) is 0.579. The Kier molecular flexibility index (Phi) is 4.59. The minimum Gasteiger partial charge on any atom is -0.454 e. The molecule has 0 saturated carbocycles. The highest BCUT2D eigenvalue weighted by Crippen LogP contribution is 2.14. The minimum absolute atomic E-state index is 0.135. The van der Waals surface area contributed by atoms with Crippen molar-refractivity contribution in [2.45, 2.75) is 13.5 Å². The van der Waals surface area contributed by atoms with Gasteiger partial charge in [0.25, 0.3) is 11.5 Å². The molecule has 4 aromatic heterocycles. The summed E-state index contributed by atoms with van der Waals surface area (Å²) >= 11 is 0. The Bertz CT molecular complexity index is 1170. The maximum Gasteiger partial charge on any atom is 0.291 e. The van der Waals surface area contributed by atoms with Crippen molar-refractivity contribution < 1.29 is 9.21 Å². The number of amides is 1. The third kappa shape index (κ3) is 3.61. The molecule has 1 N–H and O–H groups in total. The number of carbonyl (C=O) groups is 1. The van der Waals surface area contributed by atoms with Crippen LogP contribution in [0.25, 0.3) is 5.82 Å². The van der Waals surface area contributed by atoms with Crippen molar-refractivity contribution in [2.75, 3.05) is 5.32 Å². The van der Waals surface area contributed by atoms with Crippen LogP contribution < -0.4 is 10.9 Å². The van der Waals surface area contributed by atoms with Crippen LogP contribution in [0.4, 0.5) is 5.69 Å². The summed E-state index contributed by atoms with van der Waals surface area (Å²) in [5.41, 5.74) is 0.410. The molecule has 0 spiro atoms. The fourth-order valence-electron chi connectivity index (χ4n) is 2.76. The highest BCUT2D eigenvalue weighted by molar-refractivity contribution is 6.02. The molecule has 0 bridgehead atoms. The smallest absolute Gasteiger partial charge is 0.291 e. The molecule has 140 valence electrons. The van der Waals surface area contributed by atoms with Crippen molar-refractivity contribution in [3.05, 3.63) is 95.0 Å². The summed E-state index contributed by atoms with van der Waals surface area (Å²) in [5.74, 6) is 1.82. The summed E-state index contributed by atoms with van der Waals surface area (Å²) in [6, 6.07) is 11.7. The van der Waals surface area contributed by atoms with Crippen molar-refractivity contribution in [1.29, 1.82) is 0 Å². The van der Waals surface area contributed by atoms with E-state index in [1.165, 1.54) is 10.6 Å². The molecule has 1 amide bonds. The third-order valence-corrected chi connectivity index (χ3v) is 4.19. The summed E-state index contributed by atoms with van der Waals surface area (Å²) in [5, 5.41) is 2.75. The Morgan fingerprint density at radius 3 is 2.71 bits per heavy atom. The highest BCUT2D eigenvalue weighted by Gasteiger charge is 2.12. The predicted molar refractivity (Wildman–Crippen MR) is 103 cm³/mol. The highest BCUT2D eigenvalue weighted by atomic mass is 16.4. The molecule has 8 nitrogen and oxygen atoms in total. The maximum atomic E-state index is 12.4. The van der Waals surface area contributed by atoms with E-state index in [9.17, 15) is 9.59 Å². The molecular formula is C20H17N5O3. The van der Waals surface area contributed by atoms with E-state index in [2.05, 4.69) is 15.3 Å². The molecule has 0 saturated heterocycles. The van der Waals surface area contributed by atoms with Crippen LogP contribution in [-0.2, 0) is 6.54 Å². The number of furan rings is 1. The number of hydrogen-bond donors (Lipinski definition) is 1. The van der Waals surface area contributed by atoms with Crippen molar-refractivity contribution >= 4 is 11.6 Å². The number of carbonyl (C=O) groups excluding carboxylic acids is 1. The first-order valence-corrected chi connectivity index (χ1v) is 8.62. The van der Waals surface area contributed by atoms with Gasteiger partial charge in [-0.1, -0.05) is 6.07 Å². The summed E-state index contributed by atoms with van der Waals surface area (Å²) in [6.45, 7) is 2.14. The normalized spacial score (nSPS) is 10.8. The first kappa shape index (κ1) is 17.5. The number of pyridine rings is 2. The minimum atomic E-state index is -0.389. The van der Waals surface area contributed by atoms with E-state index in [-0.39, 0.29) is 23.8 Å². The van der Waals surface area contributed by atoms with Crippen LogP contribution in [0.1, 0.15) is 22.1 Å². The molecule has 0 unspecified atom stereocenters. The summed E-state index contributed by atoms with van der Waals surface area (Å²) in [6.07, 6.45) is 6.75. The van der Waals surface area contributed by atoms with Gasteiger partial charge in [-0.25, -0.2) is 9.97 Å². The second kappa shape index (κ2) is 7.36. The number of aryl methyl sites for hydroxylation is 1. The molecule has 0 aliphatic rings. The van der Waals surface area contributed by atoms with Gasteiger partial charge in [-0.3, -0.25) is 14.2 Å². The molecule has 28 heavy (non-hydrogen) atoms. The zero-order chi connectivity index (χ0) is 19.5. The molecule has 0 atom stereocenters. The van der Waals surface area contributed by atoms with Gasteiger partial charge in [-0.15, -0.1) is 0 Å². The van der Waals surface area contributed by atoms with Crippen molar-refractivity contribution in [3.8, 4) is 5.82 Å². The van der Waals surface area contributed by atoms with Gasteiger partial charge >= 0.3 is 0 Å². The van der Waals surface area contributed by atoms with E-state index in [1.807, 2.05) is 17.7 Å². The Morgan fingerprint density at radius 1 is 1.11 bits per heavy atom. The van der Waals surface area contributed by atoms with Crippen LogP contribution in [0.2, 0.25) is 0 Å². The maximum absolute atomic E-state index is 12.4. The van der Waals surface area contributed by atoms with Gasteiger partial charge in [0.1, 0.15) is 17.4 Å². The van der Waals surface area contributed by atoms with Crippen LogP contribution in [0.3, 0.4) is 0 Å². The van der Waals surface area contributed by atoms with Crippen LogP contribution in [0.15, 0.2) is 76.5 Å². The lowest BCUT2D eigenvalue weighted by Gasteiger charge is -2.06. The van der Waals surface area contributed by atoms with E-state index in [0.717, 1.165) is 5.82 Å². The van der Waals surface area contributed by atoms with Gasteiger partial charge in [-0.05, 0) is 37.3 Å². The van der Waals surface area contributed by atoms with E-state index < -0.39 is 0 Å². The lowest BCUT2D eigenvalue weighted by Crippen LogP contribution is -2.18. The van der Waals surface area contributed by atoms with Crippen molar-refractivity contribution in [1.82, 2.24) is 19.1 Å². The van der Waals surface area contributed by atoms with Crippen molar-refractivity contribution in [2.24, 2.45) is 0 Å². The van der Waals surface area contributed by atoms with Crippen molar-refractivity contribution in [3.63, 3.8) is 0 Å². The fraction of sp³-hybridized carbons (Fsp3) is 0.100. The van der Waals surface area contributed by atoms with Gasteiger partial charge in [-0.2, -0.15) is 0 Å². The Balaban J connectivity index is 1.44. The average molecular weight is 375 g/mol. The Morgan fingerprint density at radius 2 is 2.00 bits per heavy atom. The van der Waals surface area contributed by atoms with Crippen LogP contribution in [0, 0.1) is 6.92 Å². The zero-order valence-corrected chi connectivity index (χ0v) is 15.1. The second-order valence-corrected chi connectivity index (χ2v) is 6.14. The standard InChI is InChI=1S/C20H17N5O3/c1-14-21-9-11-25(14)18-8-5-15(12-22-18)23-20(27)17-7-6-16(28-17)13-24-10-3-2-4-19(24)26/h2-12H,13H2,1H3,(H,23,27). The molecule has 8 heteroatoms. The predicted octanol–water partition coefficient (Wildman–Crippen LogP) is 2.63. The van der Waals surface area contributed by atoms with Crippen LogP contribution in [0.5, 0.6) is 0 Å². The number of aromatic nitrogens is 4. The van der Waals surface area contributed by atoms with E-state index >= 15 is 0 Å². The molecule has 0 fully saturated rings. The number of imidazole rings is 1. The van der Waals surface area contributed by atoms with Gasteiger partial charge < -0.3 is 14.3 Å². The number of nitrogens with one attached hydrogen (secondary N) is 1. The van der Waals surface area contributed by atoms with Gasteiger partial charge in [0.2, 0.25) is 0 Å². The molecule has 4 aromatic rings.